The molecule has 0 radical (unpaired) electrons. The summed E-state index contributed by atoms with van der Waals surface area (Å²) in [5, 5.41) is 3.35. The number of rotatable bonds is 1. The van der Waals surface area contributed by atoms with E-state index in [4.69, 9.17) is 0 Å². The van der Waals surface area contributed by atoms with Crippen LogP contribution in [0.2, 0.25) is 0 Å². The molecule has 102 valence electrons. The van der Waals surface area contributed by atoms with Crippen molar-refractivity contribution in [1.29, 1.82) is 0 Å². The highest BCUT2D eigenvalue weighted by Gasteiger charge is 2.57. The standard InChI is InChI=1S/C15H18N2O.ClH/c18-15(14-12-7-16-8-13(12)14)17-6-5-10-3-1-2-4-11(10)9-17;/h1-4,12-14,16H,5-9H2;1H/t12-,13+,14?;. The highest BCUT2D eigenvalue weighted by Crippen LogP contribution is 2.49. The van der Waals surface area contributed by atoms with Crippen molar-refractivity contribution in [3.05, 3.63) is 35.4 Å². The summed E-state index contributed by atoms with van der Waals surface area (Å²) >= 11 is 0. The molecule has 3 nitrogen and oxygen atoms in total. The van der Waals surface area contributed by atoms with Gasteiger partial charge in [0.2, 0.25) is 5.91 Å². The van der Waals surface area contributed by atoms with Crippen molar-refractivity contribution in [2.24, 2.45) is 17.8 Å². The first-order valence-electron chi connectivity index (χ1n) is 6.91. The van der Waals surface area contributed by atoms with E-state index in [1.54, 1.807) is 0 Å². The summed E-state index contributed by atoms with van der Waals surface area (Å²) in [6.45, 7) is 3.81. The molecule has 4 rings (SSSR count). The zero-order valence-electron chi connectivity index (χ0n) is 10.8. The van der Waals surface area contributed by atoms with E-state index in [0.29, 0.717) is 23.7 Å². The van der Waals surface area contributed by atoms with Crippen LogP contribution in [0, 0.1) is 17.8 Å². The molecule has 0 bridgehead atoms. The van der Waals surface area contributed by atoms with Crippen molar-refractivity contribution < 1.29 is 4.79 Å². The average molecular weight is 279 g/mol. The van der Waals surface area contributed by atoms with Gasteiger partial charge in [0.05, 0.1) is 0 Å². The van der Waals surface area contributed by atoms with Crippen molar-refractivity contribution in [1.82, 2.24) is 10.2 Å². The Bertz CT molecular complexity index is 495. The van der Waals surface area contributed by atoms with Crippen LogP contribution in [-0.4, -0.2) is 30.4 Å². The summed E-state index contributed by atoms with van der Waals surface area (Å²) in [6, 6.07) is 8.51. The molecular weight excluding hydrogens is 260 g/mol. The minimum atomic E-state index is 0. The molecule has 1 saturated carbocycles. The van der Waals surface area contributed by atoms with Crippen LogP contribution in [-0.2, 0) is 17.8 Å². The Hall–Kier alpha value is -1.06. The zero-order valence-corrected chi connectivity index (χ0v) is 11.7. The topological polar surface area (TPSA) is 32.3 Å². The number of nitrogens with one attached hydrogen (secondary N) is 1. The largest absolute Gasteiger partial charge is 0.338 e. The molecular formula is C15H19ClN2O. The van der Waals surface area contributed by atoms with Crippen LogP contribution in [0.1, 0.15) is 11.1 Å². The number of amides is 1. The minimum Gasteiger partial charge on any atom is -0.338 e. The van der Waals surface area contributed by atoms with Crippen molar-refractivity contribution in [3.63, 3.8) is 0 Å². The number of hydrogen-bond donors (Lipinski definition) is 1. The van der Waals surface area contributed by atoms with Gasteiger partial charge in [-0.2, -0.15) is 0 Å². The first-order chi connectivity index (χ1) is 8.84. The molecule has 1 aliphatic carbocycles. The van der Waals surface area contributed by atoms with Gasteiger partial charge in [0.15, 0.2) is 0 Å². The second-order valence-corrected chi connectivity index (χ2v) is 5.79. The lowest BCUT2D eigenvalue weighted by molar-refractivity contribution is -0.134. The van der Waals surface area contributed by atoms with E-state index in [0.717, 1.165) is 32.6 Å². The minimum absolute atomic E-state index is 0. The lowest BCUT2D eigenvalue weighted by Gasteiger charge is -2.29. The molecule has 3 atom stereocenters. The van der Waals surface area contributed by atoms with Crippen LogP contribution in [0.4, 0.5) is 0 Å². The molecule has 19 heavy (non-hydrogen) atoms. The summed E-state index contributed by atoms with van der Waals surface area (Å²) < 4.78 is 0. The molecule has 2 fully saturated rings. The lowest BCUT2D eigenvalue weighted by atomic mass is 9.99. The monoisotopic (exact) mass is 278 g/mol. The predicted molar refractivity (Wildman–Crippen MR) is 76.2 cm³/mol. The van der Waals surface area contributed by atoms with Crippen LogP contribution >= 0.6 is 12.4 Å². The highest BCUT2D eigenvalue weighted by molar-refractivity contribution is 5.85. The Labute approximate surface area is 119 Å². The molecule has 0 spiro atoms. The smallest absolute Gasteiger partial charge is 0.226 e. The van der Waals surface area contributed by atoms with Gasteiger partial charge in [-0.1, -0.05) is 24.3 Å². The molecule has 2 aliphatic heterocycles. The molecule has 1 amide bonds. The summed E-state index contributed by atoms with van der Waals surface area (Å²) in [7, 11) is 0. The van der Waals surface area contributed by atoms with Crippen LogP contribution < -0.4 is 5.32 Å². The number of nitrogens with zero attached hydrogens (tertiary/aromatic N) is 1. The van der Waals surface area contributed by atoms with E-state index in [9.17, 15) is 4.79 Å². The number of hydrogen-bond acceptors (Lipinski definition) is 2. The van der Waals surface area contributed by atoms with Crippen LogP contribution in [0.25, 0.3) is 0 Å². The van der Waals surface area contributed by atoms with Gasteiger partial charge in [-0.25, -0.2) is 0 Å². The molecule has 4 heteroatoms. The van der Waals surface area contributed by atoms with Crippen molar-refractivity contribution in [3.8, 4) is 0 Å². The number of benzene rings is 1. The first-order valence-corrected chi connectivity index (χ1v) is 6.91. The van der Waals surface area contributed by atoms with Crippen LogP contribution in [0.15, 0.2) is 24.3 Å². The molecule has 1 N–H and O–H groups in total. The van der Waals surface area contributed by atoms with E-state index in [1.165, 1.54) is 11.1 Å². The fourth-order valence-electron chi connectivity index (χ4n) is 3.68. The second-order valence-electron chi connectivity index (χ2n) is 5.79. The fraction of sp³-hybridized carbons (Fsp3) is 0.533. The number of carbonyl (C=O) groups excluding carboxylic acids is 1. The van der Waals surface area contributed by atoms with Crippen molar-refractivity contribution in [2.75, 3.05) is 19.6 Å². The van der Waals surface area contributed by atoms with Gasteiger partial charge in [-0.15, -0.1) is 12.4 Å². The zero-order chi connectivity index (χ0) is 12.1. The molecule has 1 aromatic carbocycles. The van der Waals surface area contributed by atoms with E-state index in [1.807, 2.05) is 0 Å². The second kappa shape index (κ2) is 4.80. The Morgan fingerprint density at radius 3 is 2.58 bits per heavy atom. The third-order valence-corrected chi connectivity index (χ3v) is 4.82. The highest BCUT2D eigenvalue weighted by atomic mass is 35.5. The number of halogens is 1. The fourth-order valence-corrected chi connectivity index (χ4v) is 3.68. The van der Waals surface area contributed by atoms with Gasteiger partial charge in [-0.3, -0.25) is 4.79 Å². The molecule has 2 heterocycles. The van der Waals surface area contributed by atoms with Gasteiger partial charge in [0.25, 0.3) is 0 Å². The Morgan fingerprint density at radius 1 is 1.16 bits per heavy atom. The molecule has 0 aromatic heterocycles. The quantitative estimate of drug-likeness (QED) is 0.844. The van der Waals surface area contributed by atoms with Gasteiger partial charge in [0.1, 0.15) is 0 Å². The average Bonchev–Trinajstić information content (AvgIpc) is 2.90. The molecule has 1 saturated heterocycles. The van der Waals surface area contributed by atoms with E-state index in [2.05, 4.69) is 34.5 Å². The number of piperidine rings is 1. The van der Waals surface area contributed by atoms with E-state index < -0.39 is 0 Å². The van der Waals surface area contributed by atoms with E-state index >= 15 is 0 Å². The Morgan fingerprint density at radius 2 is 1.84 bits per heavy atom. The Kier molecular flexibility index (Phi) is 3.27. The van der Waals surface area contributed by atoms with Gasteiger partial charge < -0.3 is 10.2 Å². The third-order valence-electron chi connectivity index (χ3n) is 4.82. The molecule has 1 unspecified atom stereocenters. The van der Waals surface area contributed by atoms with Gasteiger partial charge in [-0.05, 0) is 42.5 Å². The number of fused-ring (bicyclic) bond motifs is 2. The Balaban J connectivity index is 0.00000110. The maximum atomic E-state index is 12.5. The maximum Gasteiger partial charge on any atom is 0.226 e. The maximum absolute atomic E-state index is 12.5. The van der Waals surface area contributed by atoms with Crippen molar-refractivity contribution >= 4 is 18.3 Å². The van der Waals surface area contributed by atoms with Gasteiger partial charge in [0, 0.05) is 19.0 Å². The third kappa shape index (κ3) is 2.05. The first kappa shape index (κ1) is 12.9. The van der Waals surface area contributed by atoms with Gasteiger partial charge >= 0.3 is 0 Å². The normalized spacial score (nSPS) is 31.2. The van der Waals surface area contributed by atoms with Crippen LogP contribution in [0.3, 0.4) is 0 Å². The summed E-state index contributed by atoms with van der Waals surface area (Å²) in [4.78, 5) is 14.6. The lowest BCUT2D eigenvalue weighted by Crippen LogP contribution is -2.38. The molecule has 3 aliphatic rings. The summed E-state index contributed by atoms with van der Waals surface area (Å²) in [5.74, 6) is 2.00. The number of carbonyl (C=O) groups is 1. The SMILES string of the molecule is Cl.O=C(C1[C@H]2CNC[C@@H]12)N1CCc2ccccc2C1. The van der Waals surface area contributed by atoms with Crippen LogP contribution in [0.5, 0.6) is 0 Å². The van der Waals surface area contributed by atoms with Crippen molar-refractivity contribution in [2.45, 2.75) is 13.0 Å². The summed E-state index contributed by atoms with van der Waals surface area (Å²) in [5.41, 5.74) is 2.75. The van der Waals surface area contributed by atoms with E-state index in [-0.39, 0.29) is 12.4 Å². The predicted octanol–water partition coefficient (Wildman–Crippen LogP) is 1.46. The summed E-state index contributed by atoms with van der Waals surface area (Å²) in [6.07, 6.45) is 1.02. The molecule has 1 aromatic rings.